The molecule has 3 rings (SSSR count). The Morgan fingerprint density at radius 2 is 2.16 bits per heavy atom. The number of hydrogen-bond acceptors (Lipinski definition) is 6. The summed E-state index contributed by atoms with van der Waals surface area (Å²) in [7, 11) is 0. The minimum absolute atomic E-state index is 0.0564. The molecular weight excluding hydrogens is 326 g/mol. The van der Waals surface area contributed by atoms with Gasteiger partial charge in [-0.2, -0.15) is 0 Å². The largest absolute Gasteiger partial charge is 0.632 e. The quantitative estimate of drug-likeness (QED) is 0.232. The first-order chi connectivity index (χ1) is 11.7. The molecule has 0 aromatic carbocycles. The molecule has 0 aromatic heterocycles. The molecule has 138 valence electrons. The molecule has 0 aromatic rings. The number of carbonyl (C=O) groups is 2. The number of carbonyl (C=O) groups excluding carboxylic acids is 2. The normalized spacial score (nSPS) is 43.6. The summed E-state index contributed by atoms with van der Waals surface area (Å²) in [6.45, 7) is 5.39. The first kappa shape index (κ1) is 18.1. The van der Waals surface area contributed by atoms with Crippen molar-refractivity contribution in [2.45, 2.75) is 51.4 Å². The van der Waals surface area contributed by atoms with Crippen LogP contribution in [0.2, 0.25) is 0 Å². The van der Waals surface area contributed by atoms with Crippen molar-refractivity contribution in [2.24, 2.45) is 5.92 Å². The molecule has 3 heterocycles. The maximum absolute atomic E-state index is 12.9. The zero-order chi connectivity index (χ0) is 18.4. The van der Waals surface area contributed by atoms with E-state index in [1.54, 1.807) is 26.0 Å². The molecule has 5 atom stereocenters. The van der Waals surface area contributed by atoms with Crippen LogP contribution in [0.25, 0.3) is 0 Å². The molecule has 7 heteroatoms. The van der Waals surface area contributed by atoms with Gasteiger partial charge in [0, 0.05) is 17.6 Å². The van der Waals surface area contributed by atoms with Crippen LogP contribution in [0, 0.1) is 11.1 Å². The first-order valence-corrected chi connectivity index (χ1v) is 8.71. The van der Waals surface area contributed by atoms with Crippen LogP contribution in [0.15, 0.2) is 23.3 Å². The average Bonchev–Trinajstić information content (AvgIpc) is 3.05. The fourth-order valence-corrected chi connectivity index (χ4v) is 3.91. The fourth-order valence-electron chi connectivity index (χ4n) is 3.91. The van der Waals surface area contributed by atoms with E-state index in [1.807, 2.05) is 0 Å². The molecule has 3 aliphatic heterocycles. The number of nitrogens with zero attached hydrogens (tertiary/aromatic N) is 1. The van der Waals surface area contributed by atoms with E-state index in [1.165, 1.54) is 6.92 Å². The second kappa shape index (κ2) is 6.23. The highest BCUT2D eigenvalue weighted by Gasteiger charge is 2.51. The predicted molar refractivity (Wildman–Crippen MR) is 88.9 cm³/mol. The number of ether oxygens (including phenoxy) is 2. The van der Waals surface area contributed by atoms with Crippen molar-refractivity contribution in [3.8, 4) is 0 Å². The van der Waals surface area contributed by atoms with E-state index >= 15 is 0 Å². The van der Waals surface area contributed by atoms with Crippen LogP contribution < -0.4 is 0 Å². The van der Waals surface area contributed by atoms with Gasteiger partial charge >= 0.3 is 11.9 Å². The molecule has 25 heavy (non-hydrogen) atoms. The van der Waals surface area contributed by atoms with Gasteiger partial charge < -0.3 is 24.4 Å². The van der Waals surface area contributed by atoms with Crippen molar-refractivity contribution >= 4 is 11.9 Å². The topological polar surface area (TPSA) is 95.9 Å². The Bertz CT molecular complexity index is 652. The van der Waals surface area contributed by atoms with Crippen LogP contribution in [0.3, 0.4) is 0 Å². The maximum Gasteiger partial charge on any atom is 0.338 e. The van der Waals surface area contributed by atoms with Gasteiger partial charge in [-0.1, -0.05) is 13.0 Å². The molecule has 0 bridgehead atoms. The summed E-state index contributed by atoms with van der Waals surface area (Å²) in [5.41, 5.74) is -0.670. The number of hydrogen-bond donors (Lipinski definition) is 1. The molecule has 1 unspecified atom stereocenters. The number of esters is 2. The van der Waals surface area contributed by atoms with Crippen molar-refractivity contribution in [1.29, 1.82) is 0 Å². The molecule has 3 aliphatic rings. The molecule has 2 saturated heterocycles. The van der Waals surface area contributed by atoms with Crippen molar-refractivity contribution in [1.82, 2.24) is 0 Å². The van der Waals surface area contributed by atoms with Gasteiger partial charge in [-0.3, -0.25) is 0 Å². The zero-order valence-electron chi connectivity index (χ0n) is 14.9. The van der Waals surface area contributed by atoms with Gasteiger partial charge in [0.15, 0.2) is 17.7 Å². The maximum atomic E-state index is 12.9. The average molecular weight is 351 g/mol. The van der Waals surface area contributed by atoms with Crippen molar-refractivity contribution in [2.75, 3.05) is 19.7 Å². The first-order valence-electron chi connectivity index (χ1n) is 8.71. The van der Waals surface area contributed by atoms with E-state index in [9.17, 15) is 19.9 Å². The summed E-state index contributed by atoms with van der Waals surface area (Å²) < 4.78 is 10.5. The number of aliphatic hydroxyl groups is 1. The minimum Gasteiger partial charge on any atom is -0.632 e. The Balaban J connectivity index is 1.94. The van der Waals surface area contributed by atoms with Crippen LogP contribution in [-0.4, -0.2) is 59.1 Å². The second-order valence-corrected chi connectivity index (χ2v) is 7.46. The van der Waals surface area contributed by atoms with Gasteiger partial charge in [0.05, 0.1) is 13.1 Å². The molecule has 0 aliphatic carbocycles. The highest BCUT2D eigenvalue weighted by molar-refractivity contribution is 5.89. The van der Waals surface area contributed by atoms with Crippen molar-refractivity contribution in [3.63, 3.8) is 0 Å². The molecular formula is C18H25NO6. The van der Waals surface area contributed by atoms with Gasteiger partial charge in [-0.25, -0.2) is 9.59 Å². The lowest BCUT2D eigenvalue weighted by molar-refractivity contribution is -0.877. The van der Waals surface area contributed by atoms with Crippen molar-refractivity contribution < 1.29 is 28.8 Å². The Kier molecular flexibility index (Phi) is 4.51. The highest BCUT2D eigenvalue weighted by Crippen LogP contribution is 2.39. The third-order valence-electron chi connectivity index (χ3n) is 5.83. The number of allylic oxidation sites excluding steroid dienone is 1. The summed E-state index contributed by atoms with van der Waals surface area (Å²) in [6.07, 6.45) is 3.57. The summed E-state index contributed by atoms with van der Waals surface area (Å²) in [5, 5.41) is 23.5. The summed E-state index contributed by atoms with van der Waals surface area (Å²) in [6, 6.07) is -0.531. The van der Waals surface area contributed by atoms with E-state index in [2.05, 4.69) is 0 Å². The molecule has 0 amide bonds. The SMILES string of the molecule is C/C=C1/C[C@@H](C)[C@](C)(O)C(=O)OCC2=CC[N+]3([O-])CC[C@@H](OC1=O)[C@@H]23. The van der Waals surface area contributed by atoms with E-state index < -0.39 is 40.2 Å². The van der Waals surface area contributed by atoms with Gasteiger partial charge in [-0.15, -0.1) is 0 Å². The lowest BCUT2D eigenvalue weighted by Gasteiger charge is -2.41. The molecule has 7 nitrogen and oxygen atoms in total. The van der Waals surface area contributed by atoms with E-state index in [0.717, 1.165) is 0 Å². The van der Waals surface area contributed by atoms with Gasteiger partial charge in [0.1, 0.15) is 6.61 Å². The lowest BCUT2D eigenvalue weighted by Crippen LogP contribution is -2.49. The zero-order valence-corrected chi connectivity index (χ0v) is 14.9. The summed E-state index contributed by atoms with van der Waals surface area (Å²) in [5.74, 6) is -1.75. The second-order valence-electron chi connectivity index (χ2n) is 7.46. The van der Waals surface area contributed by atoms with Crippen LogP contribution >= 0.6 is 0 Å². The fraction of sp³-hybridized carbons (Fsp3) is 0.667. The van der Waals surface area contributed by atoms with E-state index in [-0.39, 0.29) is 19.6 Å². The Hall–Kier alpha value is -1.70. The van der Waals surface area contributed by atoms with Crippen LogP contribution in [0.4, 0.5) is 0 Å². The summed E-state index contributed by atoms with van der Waals surface area (Å²) >= 11 is 0. The van der Waals surface area contributed by atoms with E-state index in [4.69, 9.17) is 9.47 Å². The van der Waals surface area contributed by atoms with Gasteiger partial charge in [0.25, 0.3) is 0 Å². The molecule has 2 fully saturated rings. The van der Waals surface area contributed by atoms with Crippen molar-refractivity contribution in [3.05, 3.63) is 28.5 Å². The monoisotopic (exact) mass is 351 g/mol. The van der Waals surface area contributed by atoms with Gasteiger partial charge in [-0.05, 0) is 32.3 Å². The number of quaternary nitrogens is 1. The third kappa shape index (κ3) is 3.01. The Morgan fingerprint density at radius 3 is 2.84 bits per heavy atom. The minimum atomic E-state index is -1.73. The Morgan fingerprint density at radius 1 is 1.44 bits per heavy atom. The smallest absolute Gasteiger partial charge is 0.338 e. The molecule has 0 spiro atoms. The number of cyclic esters (lactones) is 1. The third-order valence-corrected chi connectivity index (χ3v) is 5.83. The lowest BCUT2D eigenvalue weighted by atomic mass is 9.85. The van der Waals surface area contributed by atoms with Gasteiger partial charge in [0.2, 0.25) is 0 Å². The standard InChI is InChI=1S/C18H25NO6/c1-4-12-9-11(2)18(3,22)17(21)24-10-13-5-7-19(23)8-6-14(15(13)19)25-16(12)20/h4-5,11,14-15,22H,6-10H2,1-3H3/b12-4-/t11-,14-,15-,18+,19?/m1/s1. The van der Waals surface area contributed by atoms with Crippen LogP contribution in [-0.2, 0) is 19.1 Å². The molecule has 0 saturated carbocycles. The molecule has 1 N–H and O–H groups in total. The summed E-state index contributed by atoms with van der Waals surface area (Å²) in [4.78, 5) is 24.9. The van der Waals surface area contributed by atoms with Crippen LogP contribution in [0.5, 0.6) is 0 Å². The van der Waals surface area contributed by atoms with Crippen LogP contribution in [0.1, 0.15) is 33.6 Å². The molecule has 0 radical (unpaired) electrons. The van der Waals surface area contributed by atoms with E-state index in [0.29, 0.717) is 24.1 Å². The highest BCUT2D eigenvalue weighted by atomic mass is 16.6. The predicted octanol–water partition coefficient (Wildman–Crippen LogP) is 1.21. The Labute approximate surface area is 147 Å². The number of rotatable bonds is 0. The number of hydroxylamine groups is 3.